The van der Waals surface area contributed by atoms with Gasteiger partial charge in [-0.1, -0.05) is 0 Å². The SMILES string of the molecule is COC(=O)[C@H](O)[C@H](O)C(=O)CO.[Ac].[Ac].[Ac]. The van der Waals surface area contributed by atoms with Gasteiger partial charge in [0, 0.05) is 132 Å². The van der Waals surface area contributed by atoms with Crippen LogP contribution < -0.4 is 0 Å². The molecule has 6 nitrogen and oxygen atoms in total. The number of methoxy groups -OCH3 is 1. The summed E-state index contributed by atoms with van der Waals surface area (Å²) in [4.78, 5) is 21.0. The molecule has 0 spiro atoms. The molecule has 0 aliphatic heterocycles. The van der Waals surface area contributed by atoms with Crippen LogP contribution in [0.1, 0.15) is 0 Å². The summed E-state index contributed by atoms with van der Waals surface area (Å²) in [6.45, 7) is -0.935. The van der Waals surface area contributed by atoms with Crippen LogP contribution in [0.15, 0.2) is 0 Å². The molecule has 0 aromatic carbocycles. The van der Waals surface area contributed by atoms with Crippen molar-refractivity contribution >= 4 is 11.8 Å². The molecule has 79 valence electrons. The van der Waals surface area contributed by atoms with Crippen molar-refractivity contribution in [2.75, 3.05) is 13.7 Å². The molecule has 0 fully saturated rings. The second-order valence-corrected chi connectivity index (χ2v) is 2.04. The molecule has 0 aliphatic carbocycles. The molecule has 0 heterocycles. The molecule has 0 amide bonds. The van der Waals surface area contributed by atoms with E-state index < -0.39 is 30.6 Å². The molecule has 0 saturated carbocycles. The van der Waals surface area contributed by atoms with Crippen molar-refractivity contribution in [1.82, 2.24) is 0 Å². The summed E-state index contributed by atoms with van der Waals surface area (Å²) in [5.74, 6) is -2.16. The number of ketones is 1. The molecule has 0 bridgehead atoms. The van der Waals surface area contributed by atoms with Gasteiger partial charge in [-0.3, -0.25) is 4.79 Å². The third kappa shape index (κ3) is 10.9. The molecular formula is C6H10Ac3O6. The number of aliphatic hydroxyl groups is 3. The van der Waals surface area contributed by atoms with E-state index in [0.717, 1.165) is 7.11 Å². The first kappa shape index (κ1) is 26.8. The monoisotopic (exact) mass is 859 g/mol. The van der Waals surface area contributed by atoms with Crippen LogP contribution in [0.3, 0.4) is 0 Å². The van der Waals surface area contributed by atoms with Gasteiger partial charge < -0.3 is 20.1 Å². The minimum absolute atomic E-state index is 0. The standard InChI is InChI=1S/C6H10O6.3Ac/c1-12-6(11)5(10)4(9)3(8)2-7;;;/h4-5,7,9-10H,2H2,1H3;;;/t4-,5-;;;/m1.../s1. The third-order valence-electron chi connectivity index (χ3n) is 1.23. The van der Waals surface area contributed by atoms with Gasteiger partial charge in [-0.15, -0.1) is 0 Å². The molecule has 3 N–H and O–H groups in total. The maximum absolute atomic E-state index is 10.5. The zero-order valence-corrected chi connectivity index (χ0v) is 22.4. The Hall–Kier alpha value is 3.34. The Labute approximate surface area is 195 Å². The number of carbonyl (C=O) groups is 2. The maximum atomic E-state index is 10.5. The van der Waals surface area contributed by atoms with Crippen molar-refractivity contribution in [3.05, 3.63) is 0 Å². The Balaban J connectivity index is -0.000000202. The quantitative estimate of drug-likeness (QED) is 0.270. The summed E-state index contributed by atoms with van der Waals surface area (Å²) in [5.41, 5.74) is 0. The number of Topliss-reactive ketones (excluding diaryl/α,β-unsaturated/α-hetero) is 1. The summed E-state index contributed by atoms with van der Waals surface area (Å²) in [6, 6.07) is 0. The molecule has 9 heteroatoms. The topological polar surface area (TPSA) is 104 Å². The van der Waals surface area contributed by atoms with Crippen molar-refractivity contribution < 1.29 is 162 Å². The molecule has 0 aromatic heterocycles. The van der Waals surface area contributed by atoms with E-state index in [0.29, 0.717) is 0 Å². The van der Waals surface area contributed by atoms with E-state index in [1.807, 2.05) is 0 Å². The van der Waals surface area contributed by atoms with Crippen LogP contribution in [-0.4, -0.2) is 53.0 Å². The van der Waals surface area contributed by atoms with Crippen LogP contribution in [-0.2, 0) is 14.3 Å². The van der Waals surface area contributed by atoms with Crippen LogP contribution in [0.4, 0.5) is 0 Å². The van der Waals surface area contributed by atoms with Gasteiger partial charge in [0.05, 0.1) is 7.11 Å². The summed E-state index contributed by atoms with van der Waals surface area (Å²) >= 11 is 0. The Morgan fingerprint density at radius 1 is 1.13 bits per heavy atom. The smallest absolute Gasteiger partial charge is 0.337 e. The second-order valence-electron chi connectivity index (χ2n) is 2.04. The summed E-state index contributed by atoms with van der Waals surface area (Å²) in [7, 11) is 1.00. The third-order valence-corrected chi connectivity index (χ3v) is 1.23. The first-order valence-corrected chi connectivity index (χ1v) is 3.12. The number of aliphatic hydroxyl groups excluding tert-OH is 3. The van der Waals surface area contributed by atoms with Gasteiger partial charge >= 0.3 is 5.97 Å². The molecule has 0 aliphatic rings. The largest absolute Gasteiger partial charge is 0.467 e. The van der Waals surface area contributed by atoms with Crippen molar-refractivity contribution in [3.8, 4) is 0 Å². The average molecular weight is 859 g/mol. The predicted octanol–water partition coefficient (Wildman–Crippen LogP) is -2.56. The van der Waals surface area contributed by atoms with Crippen LogP contribution >= 0.6 is 0 Å². The summed E-state index contributed by atoms with van der Waals surface area (Å²) in [5, 5.41) is 25.9. The fourth-order valence-corrected chi connectivity index (χ4v) is 0.519. The van der Waals surface area contributed by atoms with E-state index in [4.69, 9.17) is 15.3 Å². The van der Waals surface area contributed by atoms with Crippen LogP contribution in [0.5, 0.6) is 0 Å². The predicted molar refractivity (Wildman–Crippen MR) is 36.1 cm³/mol. The first-order valence-electron chi connectivity index (χ1n) is 3.12. The van der Waals surface area contributed by atoms with Crippen LogP contribution in [0.2, 0.25) is 0 Å². The fourth-order valence-electron chi connectivity index (χ4n) is 0.519. The number of carbonyl (C=O) groups excluding carboxylic acids is 2. The fraction of sp³-hybridized carbons (Fsp3) is 0.667. The Bertz CT molecular complexity index is 168. The number of hydrogen-bond acceptors (Lipinski definition) is 6. The van der Waals surface area contributed by atoms with Gasteiger partial charge in [-0.25, -0.2) is 4.79 Å². The zero-order chi connectivity index (χ0) is 9.72. The molecule has 0 rings (SSSR count). The van der Waals surface area contributed by atoms with Crippen molar-refractivity contribution in [3.63, 3.8) is 0 Å². The number of rotatable bonds is 4. The van der Waals surface area contributed by atoms with Gasteiger partial charge in [-0.2, -0.15) is 0 Å². The minimum Gasteiger partial charge on any atom is -0.467 e. The molecule has 0 unspecified atom stereocenters. The van der Waals surface area contributed by atoms with E-state index >= 15 is 0 Å². The summed E-state index contributed by atoms with van der Waals surface area (Å²) < 4.78 is 4.04. The average Bonchev–Trinajstić information content (AvgIpc) is 2.12. The maximum Gasteiger partial charge on any atom is 0.337 e. The molecule has 15 heavy (non-hydrogen) atoms. The Kier molecular flexibility index (Phi) is 27.5. The molecular weight excluding hydrogens is 849 g/mol. The van der Waals surface area contributed by atoms with Crippen molar-refractivity contribution in [1.29, 1.82) is 0 Å². The van der Waals surface area contributed by atoms with Crippen LogP contribution in [0, 0.1) is 132 Å². The van der Waals surface area contributed by atoms with E-state index in [1.165, 1.54) is 0 Å². The van der Waals surface area contributed by atoms with E-state index in [-0.39, 0.29) is 132 Å². The normalized spacial score (nSPS) is 12.0. The van der Waals surface area contributed by atoms with Gasteiger partial charge in [0.2, 0.25) is 0 Å². The van der Waals surface area contributed by atoms with Crippen molar-refractivity contribution in [2.24, 2.45) is 0 Å². The Morgan fingerprint density at radius 2 is 1.53 bits per heavy atom. The second kappa shape index (κ2) is 15.4. The van der Waals surface area contributed by atoms with E-state index in [1.54, 1.807) is 0 Å². The van der Waals surface area contributed by atoms with Gasteiger partial charge in [-0.05, 0) is 0 Å². The molecule has 0 saturated heterocycles. The number of esters is 1. The van der Waals surface area contributed by atoms with Gasteiger partial charge in [0.1, 0.15) is 6.61 Å². The Morgan fingerprint density at radius 3 is 1.80 bits per heavy atom. The van der Waals surface area contributed by atoms with E-state index in [9.17, 15) is 9.59 Å². The number of hydrogen-bond donors (Lipinski definition) is 3. The zero-order valence-electron chi connectivity index (χ0n) is 8.16. The number of ether oxygens (including phenoxy) is 1. The minimum atomic E-state index is -1.94. The molecule has 2 atom stereocenters. The first-order chi connectivity index (χ1) is 5.54. The van der Waals surface area contributed by atoms with Crippen molar-refractivity contribution in [2.45, 2.75) is 12.2 Å². The van der Waals surface area contributed by atoms with Gasteiger partial charge in [0.15, 0.2) is 18.0 Å². The molecule has 3 radical (unpaired) electrons. The van der Waals surface area contributed by atoms with E-state index in [2.05, 4.69) is 4.74 Å². The van der Waals surface area contributed by atoms with Gasteiger partial charge in [0.25, 0.3) is 0 Å². The summed E-state index contributed by atoms with van der Waals surface area (Å²) in [6.07, 6.45) is -3.86. The molecule has 0 aromatic rings. The van der Waals surface area contributed by atoms with Crippen LogP contribution in [0.25, 0.3) is 0 Å².